The highest BCUT2D eigenvalue weighted by molar-refractivity contribution is 5.81. The van der Waals surface area contributed by atoms with E-state index in [2.05, 4.69) is 13.8 Å². The number of rotatable bonds is 5. The molecule has 3 N–H and O–H groups in total. The number of benzene rings is 1. The molecule has 0 heterocycles. The smallest absolute Gasteiger partial charge is 0.239 e. The van der Waals surface area contributed by atoms with Crippen molar-refractivity contribution in [2.24, 2.45) is 11.7 Å². The number of phenolic OH excluding ortho intramolecular Hbond substituents is 1. The number of hydrogen-bond acceptors (Lipinski definition) is 3. The van der Waals surface area contributed by atoms with E-state index in [1.54, 1.807) is 36.2 Å². The molecule has 1 amide bonds. The van der Waals surface area contributed by atoms with E-state index < -0.39 is 6.04 Å². The molecule has 0 bridgehead atoms. The second-order valence-electron chi connectivity index (χ2n) is 5.09. The molecule has 4 nitrogen and oxygen atoms in total. The van der Waals surface area contributed by atoms with Gasteiger partial charge in [-0.25, -0.2) is 0 Å². The molecule has 0 fully saturated rings. The molecule has 0 aliphatic heterocycles. The van der Waals surface area contributed by atoms with E-state index in [1.165, 1.54) is 0 Å². The van der Waals surface area contributed by atoms with Crippen LogP contribution in [0.15, 0.2) is 24.3 Å². The summed E-state index contributed by atoms with van der Waals surface area (Å²) in [6.07, 6.45) is 0.488. The highest BCUT2D eigenvalue weighted by Crippen LogP contribution is 2.11. The first-order valence-corrected chi connectivity index (χ1v) is 6.18. The van der Waals surface area contributed by atoms with Crippen LogP contribution in [0.4, 0.5) is 0 Å². The van der Waals surface area contributed by atoms with E-state index in [0.29, 0.717) is 18.9 Å². The van der Waals surface area contributed by atoms with Gasteiger partial charge >= 0.3 is 0 Å². The van der Waals surface area contributed by atoms with Crippen LogP contribution in [0, 0.1) is 5.92 Å². The van der Waals surface area contributed by atoms with Crippen LogP contribution in [0.1, 0.15) is 19.4 Å². The first-order chi connectivity index (χ1) is 8.40. The van der Waals surface area contributed by atoms with Crippen LogP contribution >= 0.6 is 0 Å². The molecule has 4 heteroatoms. The minimum absolute atomic E-state index is 0.0447. The van der Waals surface area contributed by atoms with Crippen molar-refractivity contribution in [2.45, 2.75) is 26.3 Å². The summed E-state index contributed by atoms with van der Waals surface area (Å²) in [5.41, 5.74) is 6.86. The number of amides is 1. The van der Waals surface area contributed by atoms with Crippen LogP contribution in [0.5, 0.6) is 5.75 Å². The van der Waals surface area contributed by atoms with Gasteiger partial charge in [0.15, 0.2) is 0 Å². The summed E-state index contributed by atoms with van der Waals surface area (Å²) in [6.45, 7) is 4.84. The maximum Gasteiger partial charge on any atom is 0.239 e. The monoisotopic (exact) mass is 250 g/mol. The van der Waals surface area contributed by atoms with E-state index >= 15 is 0 Å². The van der Waals surface area contributed by atoms with Gasteiger partial charge in [-0.3, -0.25) is 4.79 Å². The zero-order valence-corrected chi connectivity index (χ0v) is 11.3. The number of phenols is 1. The molecular weight excluding hydrogens is 228 g/mol. The minimum Gasteiger partial charge on any atom is -0.508 e. The Morgan fingerprint density at radius 3 is 2.39 bits per heavy atom. The summed E-state index contributed by atoms with van der Waals surface area (Å²) in [4.78, 5) is 13.7. The standard InChI is InChI=1S/C14H22N2O2/c1-10(2)9-16(3)14(18)13(15)8-11-4-6-12(17)7-5-11/h4-7,10,13,17H,8-9,15H2,1-3H3/t13-/m0/s1. The van der Waals surface area contributed by atoms with E-state index in [9.17, 15) is 9.90 Å². The van der Waals surface area contributed by atoms with Crippen LogP contribution in [0.3, 0.4) is 0 Å². The van der Waals surface area contributed by atoms with E-state index in [-0.39, 0.29) is 11.7 Å². The summed E-state index contributed by atoms with van der Waals surface area (Å²) in [6, 6.07) is 6.24. The zero-order valence-electron chi connectivity index (χ0n) is 11.3. The van der Waals surface area contributed by atoms with Gasteiger partial charge in [0.05, 0.1) is 6.04 Å². The molecule has 0 aliphatic carbocycles. The number of hydrogen-bond donors (Lipinski definition) is 2. The lowest BCUT2D eigenvalue weighted by Crippen LogP contribution is -2.44. The molecule has 1 rings (SSSR count). The molecule has 0 aromatic heterocycles. The lowest BCUT2D eigenvalue weighted by molar-refractivity contribution is -0.131. The number of carbonyl (C=O) groups excluding carboxylic acids is 1. The van der Waals surface area contributed by atoms with Crippen molar-refractivity contribution in [3.63, 3.8) is 0 Å². The lowest BCUT2D eigenvalue weighted by Gasteiger charge is -2.23. The van der Waals surface area contributed by atoms with E-state index in [1.807, 2.05) is 0 Å². The summed E-state index contributed by atoms with van der Waals surface area (Å²) in [5.74, 6) is 0.604. The Morgan fingerprint density at radius 2 is 1.89 bits per heavy atom. The van der Waals surface area contributed by atoms with Crippen LogP contribution in [-0.2, 0) is 11.2 Å². The van der Waals surface area contributed by atoms with Gasteiger partial charge in [-0.2, -0.15) is 0 Å². The Hall–Kier alpha value is -1.55. The zero-order chi connectivity index (χ0) is 13.7. The van der Waals surface area contributed by atoms with Crippen molar-refractivity contribution in [1.82, 2.24) is 4.90 Å². The van der Waals surface area contributed by atoms with E-state index in [0.717, 1.165) is 5.56 Å². The Morgan fingerprint density at radius 1 is 1.33 bits per heavy atom. The molecule has 0 unspecified atom stereocenters. The van der Waals surface area contributed by atoms with Crippen LogP contribution < -0.4 is 5.73 Å². The SMILES string of the molecule is CC(C)CN(C)C(=O)[C@@H](N)Cc1ccc(O)cc1. The van der Waals surface area contributed by atoms with Gasteiger partial charge in [0, 0.05) is 13.6 Å². The maximum absolute atomic E-state index is 12.0. The van der Waals surface area contributed by atoms with Gasteiger partial charge in [-0.05, 0) is 30.0 Å². The molecule has 0 saturated carbocycles. The fourth-order valence-electron chi connectivity index (χ4n) is 1.89. The molecule has 18 heavy (non-hydrogen) atoms. The first-order valence-electron chi connectivity index (χ1n) is 6.18. The predicted octanol–water partition coefficient (Wildman–Crippen LogP) is 1.38. The second-order valence-corrected chi connectivity index (χ2v) is 5.09. The molecular formula is C14H22N2O2. The highest BCUT2D eigenvalue weighted by Gasteiger charge is 2.18. The third-order valence-electron chi connectivity index (χ3n) is 2.72. The van der Waals surface area contributed by atoms with Crippen molar-refractivity contribution < 1.29 is 9.90 Å². The third-order valence-corrected chi connectivity index (χ3v) is 2.72. The summed E-state index contributed by atoms with van der Waals surface area (Å²) >= 11 is 0. The van der Waals surface area contributed by atoms with Gasteiger partial charge in [0.25, 0.3) is 0 Å². The third kappa shape index (κ3) is 4.37. The van der Waals surface area contributed by atoms with E-state index in [4.69, 9.17) is 5.73 Å². The molecule has 100 valence electrons. The van der Waals surface area contributed by atoms with Crippen LogP contribution in [-0.4, -0.2) is 35.5 Å². The summed E-state index contributed by atoms with van der Waals surface area (Å²) < 4.78 is 0. The number of nitrogens with two attached hydrogens (primary N) is 1. The number of nitrogens with zero attached hydrogens (tertiary/aromatic N) is 1. The topological polar surface area (TPSA) is 66.6 Å². The first kappa shape index (κ1) is 14.5. The largest absolute Gasteiger partial charge is 0.508 e. The Balaban J connectivity index is 2.56. The lowest BCUT2D eigenvalue weighted by atomic mass is 10.1. The molecule has 1 aromatic carbocycles. The average molecular weight is 250 g/mol. The maximum atomic E-state index is 12.0. The molecule has 0 radical (unpaired) electrons. The molecule has 0 spiro atoms. The molecule has 1 aromatic rings. The highest BCUT2D eigenvalue weighted by atomic mass is 16.3. The Kier molecular flexibility index (Phi) is 5.16. The van der Waals surface area contributed by atoms with Gasteiger partial charge in [0.1, 0.15) is 5.75 Å². The fraction of sp³-hybridized carbons (Fsp3) is 0.500. The number of likely N-dealkylation sites (N-methyl/N-ethyl adjacent to an activating group) is 1. The predicted molar refractivity (Wildman–Crippen MR) is 72.3 cm³/mol. The van der Waals surface area contributed by atoms with Gasteiger partial charge in [0.2, 0.25) is 5.91 Å². The molecule has 1 atom stereocenters. The van der Waals surface area contributed by atoms with Gasteiger partial charge < -0.3 is 15.7 Å². The van der Waals surface area contributed by atoms with Crippen molar-refractivity contribution >= 4 is 5.91 Å². The average Bonchev–Trinajstić information content (AvgIpc) is 2.30. The quantitative estimate of drug-likeness (QED) is 0.829. The van der Waals surface area contributed by atoms with Gasteiger partial charge in [-0.1, -0.05) is 26.0 Å². The van der Waals surface area contributed by atoms with Crippen LogP contribution in [0.2, 0.25) is 0 Å². The molecule has 0 saturated heterocycles. The van der Waals surface area contributed by atoms with Crippen molar-refractivity contribution in [1.29, 1.82) is 0 Å². The van der Waals surface area contributed by atoms with Crippen molar-refractivity contribution in [2.75, 3.05) is 13.6 Å². The fourth-order valence-corrected chi connectivity index (χ4v) is 1.89. The summed E-state index contributed by atoms with van der Waals surface area (Å²) in [5, 5.41) is 9.18. The van der Waals surface area contributed by atoms with Crippen molar-refractivity contribution in [3.8, 4) is 5.75 Å². The minimum atomic E-state index is -0.529. The number of carbonyl (C=O) groups is 1. The van der Waals surface area contributed by atoms with Crippen molar-refractivity contribution in [3.05, 3.63) is 29.8 Å². The second kappa shape index (κ2) is 6.40. The van der Waals surface area contributed by atoms with Gasteiger partial charge in [-0.15, -0.1) is 0 Å². The molecule has 0 aliphatic rings. The number of aromatic hydroxyl groups is 1. The Labute approximate surface area is 108 Å². The normalized spacial score (nSPS) is 12.5. The Bertz CT molecular complexity index is 387. The van der Waals surface area contributed by atoms with Crippen LogP contribution in [0.25, 0.3) is 0 Å². The summed E-state index contributed by atoms with van der Waals surface area (Å²) in [7, 11) is 1.78.